The number of aryl methyl sites for hydroxylation is 2. The van der Waals surface area contributed by atoms with Crippen LogP contribution in [0, 0.1) is 6.92 Å². The summed E-state index contributed by atoms with van der Waals surface area (Å²) in [5.41, 5.74) is 2.14. The molecule has 1 N–H and O–H groups in total. The Bertz CT molecular complexity index is 818. The Morgan fingerprint density at radius 1 is 1.29 bits per heavy atom. The van der Waals surface area contributed by atoms with Crippen LogP contribution in [0.3, 0.4) is 0 Å². The molecule has 0 saturated heterocycles. The lowest BCUT2D eigenvalue weighted by Crippen LogP contribution is -2.00. The highest BCUT2D eigenvalue weighted by Crippen LogP contribution is 2.22. The van der Waals surface area contributed by atoms with Gasteiger partial charge < -0.3 is 5.11 Å². The molecular formula is C14H13N5O2. The second kappa shape index (κ2) is 4.86. The summed E-state index contributed by atoms with van der Waals surface area (Å²) < 4.78 is 3.06. The van der Waals surface area contributed by atoms with Gasteiger partial charge in [-0.2, -0.15) is 10.2 Å². The van der Waals surface area contributed by atoms with Crippen molar-refractivity contribution in [2.45, 2.75) is 6.92 Å². The third-order valence-electron chi connectivity index (χ3n) is 3.14. The van der Waals surface area contributed by atoms with E-state index in [1.165, 1.54) is 10.9 Å². The molecule has 3 aromatic heterocycles. The van der Waals surface area contributed by atoms with Gasteiger partial charge in [-0.05, 0) is 30.7 Å². The van der Waals surface area contributed by atoms with Gasteiger partial charge in [0.15, 0.2) is 5.82 Å². The van der Waals surface area contributed by atoms with Gasteiger partial charge in [0.1, 0.15) is 11.3 Å². The Morgan fingerprint density at radius 2 is 2.10 bits per heavy atom. The van der Waals surface area contributed by atoms with Crippen molar-refractivity contribution < 1.29 is 9.90 Å². The van der Waals surface area contributed by atoms with E-state index in [-0.39, 0.29) is 5.56 Å². The van der Waals surface area contributed by atoms with Gasteiger partial charge in [0.25, 0.3) is 0 Å². The number of hydrogen-bond acceptors (Lipinski definition) is 4. The summed E-state index contributed by atoms with van der Waals surface area (Å²) >= 11 is 0. The van der Waals surface area contributed by atoms with Gasteiger partial charge >= 0.3 is 5.97 Å². The number of pyridine rings is 1. The minimum Gasteiger partial charge on any atom is -0.478 e. The van der Waals surface area contributed by atoms with E-state index in [0.29, 0.717) is 17.2 Å². The predicted molar refractivity (Wildman–Crippen MR) is 75.3 cm³/mol. The van der Waals surface area contributed by atoms with E-state index in [2.05, 4.69) is 15.2 Å². The lowest BCUT2D eigenvalue weighted by atomic mass is 10.2. The van der Waals surface area contributed by atoms with Crippen LogP contribution in [0.4, 0.5) is 0 Å². The molecule has 0 bridgehead atoms. The van der Waals surface area contributed by atoms with Crippen molar-refractivity contribution in [3.05, 3.63) is 47.9 Å². The van der Waals surface area contributed by atoms with Gasteiger partial charge in [-0.15, -0.1) is 0 Å². The van der Waals surface area contributed by atoms with Crippen LogP contribution >= 0.6 is 0 Å². The molecule has 21 heavy (non-hydrogen) atoms. The van der Waals surface area contributed by atoms with Crippen molar-refractivity contribution in [2.24, 2.45) is 7.05 Å². The standard InChI is InChI=1S/C14H13N5O2/c1-9-3-5-15-12(7-9)19-8-10(14(20)21)13(17-19)11-4-6-16-18(11)2/h3-8H,1-2H3,(H,20,21). The molecule has 0 fully saturated rings. The highest BCUT2D eigenvalue weighted by Gasteiger charge is 2.20. The maximum Gasteiger partial charge on any atom is 0.339 e. The van der Waals surface area contributed by atoms with Crippen LogP contribution in [0.2, 0.25) is 0 Å². The second-order valence-corrected chi connectivity index (χ2v) is 4.67. The minimum absolute atomic E-state index is 0.113. The lowest BCUT2D eigenvalue weighted by molar-refractivity contribution is 0.0697. The molecule has 7 nitrogen and oxygen atoms in total. The third kappa shape index (κ3) is 2.29. The lowest BCUT2D eigenvalue weighted by Gasteiger charge is -2.01. The van der Waals surface area contributed by atoms with Crippen LogP contribution < -0.4 is 0 Å². The van der Waals surface area contributed by atoms with Crippen molar-refractivity contribution in [3.63, 3.8) is 0 Å². The zero-order chi connectivity index (χ0) is 15.0. The first-order valence-corrected chi connectivity index (χ1v) is 6.30. The van der Waals surface area contributed by atoms with Crippen molar-refractivity contribution in [2.75, 3.05) is 0 Å². The van der Waals surface area contributed by atoms with E-state index >= 15 is 0 Å². The highest BCUT2D eigenvalue weighted by molar-refractivity contribution is 5.94. The average molecular weight is 283 g/mol. The van der Waals surface area contributed by atoms with E-state index in [9.17, 15) is 9.90 Å². The molecular weight excluding hydrogens is 270 g/mol. The Hall–Kier alpha value is -2.96. The molecule has 3 heterocycles. The average Bonchev–Trinajstić information content (AvgIpc) is 3.04. The maximum absolute atomic E-state index is 11.4. The van der Waals surface area contributed by atoms with Gasteiger partial charge in [-0.3, -0.25) is 4.68 Å². The van der Waals surface area contributed by atoms with E-state index in [1.807, 2.05) is 19.1 Å². The number of carboxylic acid groups (broad SMARTS) is 1. The molecule has 0 saturated carbocycles. The number of carbonyl (C=O) groups is 1. The molecule has 106 valence electrons. The number of aromatic carboxylic acids is 1. The Labute approximate surface area is 120 Å². The van der Waals surface area contributed by atoms with Crippen LogP contribution in [-0.4, -0.2) is 35.6 Å². The first kappa shape index (κ1) is 13.0. The van der Waals surface area contributed by atoms with Crippen LogP contribution in [0.15, 0.2) is 36.8 Å². The number of aromatic nitrogens is 5. The zero-order valence-electron chi connectivity index (χ0n) is 11.6. The van der Waals surface area contributed by atoms with Gasteiger partial charge in [0, 0.05) is 25.6 Å². The Kier molecular flexibility index (Phi) is 3.02. The summed E-state index contributed by atoms with van der Waals surface area (Å²) in [7, 11) is 1.74. The van der Waals surface area contributed by atoms with E-state index in [1.54, 1.807) is 30.2 Å². The molecule has 0 aromatic carbocycles. The zero-order valence-corrected chi connectivity index (χ0v) is 11.6. The van der Waals surface area contributed by atoms with Gasteiger partial charge in [0.05, 0.1) is 5.69 Å². The number of hydrogen-bond donors (Lipinski definition) is 1. The summed E-state index contributed by atoms with van der Waals surface area (Å²) in [4.78, 5) is 15.6. The molecule has 0 amide bonds. The monoisotopic (exact) mass is 283 g/mol. The van der Waals surface area contributed by atoms with E-state index < -0.39 is 5.97 Å². The Balaban J connectivity index is 2.18. The van der Waals surface area contributed by atoms with Crippen LogP contribution in [-0.2, 0) is 7.05 Å². The maximum atomic E-state index is 11.4. The SMILES string of the molecule is Cc1ccnc(-n2cc(C(=O)O)c(-c3ccnn3C)n2)c1. The highest BCUT2D eigenvalue weighted by atomic mass is 16.4. The molecule has 7 heteroatoms. The normalized spacial score (nSPS) is 10.8. The van der Waals surface area contributed by atoms with Crippen LogP contribution in [0.1, 0.15) is 15.9 Å². The predicted octanol–water partition coefficient (Wildman–Crippen LogP) is 1.67. The molecule has 3 aromatic rings. The van der Waals surface area contributed by atoms with Crippen LogP contribution in [0.5, 0.6) is 0 Å². The van der Waals surface area contributed by atoms with E-state index in [4.69, 9.17) is 0 Å². The fourth-order valence-electron chi connectivity index (χ4n) is 2.09. The summed E-state index contributed by atoms with van der Waals surface area (Å²) in [6.45, 7) is 1.94. The number of carboxylic acids is 1. The van der Waals surface area contributed by atoms with Crippen molar-refractivity contribution in [1.29, 1.82) is 0 Å². The molecule has 0 spiro atoms. The summed E-state index contributed by atoms with van der Waals surface area (Å²) in [5.74, 6) is -0.462. The Morgan fingerprint density at radius 3 is 2.71 bits per heavy atom. The van der Waals surface area contributed by atoms with Gasteiger partial charge in [-0.1, -0.05) is 0 Å². The van der Waals surface area contributed by atoms with Crippen molar-refractivity contribution in [3.8, 4) is 17.2 Å². The van der Waals surface area contributed by atoms with E-state index in [0.717, 1.165) is 5.56 Å². The first-order valence-electron chi connectivity index (χ1n) is 6.30. The topological polar surface area (TPSA) is 85.8 Å². The molecule has 0 radical (unpaired) electrons. The summed E-state index contributed by atoms with van der Waals surface area (Å²) in [5, 5.41) is 17.8. The minimum atomic E-state index is -1.04. The fraction of sp³-hybridized carbons (Fsp3) is 0.143. The fourth-order valence-corrected chi connectivity index (χ4v) is 2.09. The van der Waals surface area contributed by atoms with Crippen molar-refractivity contribution in [1.82, 2.24) is 24.5 Å². The quantitative estimate of drug-likeness (QED) is 0.790. The van der Waals surface area contributed by atoms with Gasteiger partial charge in [-0.25, -0.2) is 14.5 Å². The summed E-state index contributed by atoms with van der Waals surface area (Å²) in [6, 6.07) is 5.43. The number of rotatable bonds is 3. The third-order valence-corrected chi connectivity index (χ3v) is 3.14. The largest absolute Gasteiger partial charge is 0.478 e. The molecule has 0 aliphatic carbocycles. The smallest absolute Gasteiger partial charge is 0.339 e. The van der Waals surface area contributed by atoms with Crippen LogP contribution in [0.25, 0.3) is 17.2 Å². The molecule has 0 atom stereocenters. The summed E-state index contributed by atoms with van der Waals surface area (Å²) in [6.07, 6.45) is 4.73. The number of nitrogens with zero attached hydrogens (tertiary/aromatic N) is 5. The van der Waals surface area contributed by atoms with Gasteiger partial charge in [0.2, 0.25) is 0 Å². The molecule has 0 unspecified atom stereocenters. The molecule has 0 aliphatic rings. The molecule has 0 aliphatic heterocycles. The van der Waals surface area contributed by atoms with Crippen molar-refractivity contribution >= 4 is 5.97 Å². The molecule has 3 rings (SSSR count). The first-order chi connectivity index (χ1) is 10.1. The second-order valence-electron chi connectivity index (χ2n) is 4.67.